The zero-order valence-electron chi connectivity index (χ0n) is 11.3. The van der Waals surface area contributed by atoms with Crippen LogP contribution in [0.4, 0.5) is 5.69 Å². The van der Waals surface area contributed by atoms with Gasteiger partial charge in [0.2, 0.25) is 0 Å². The number of carbonyl (C=O) groups is 2. The Bertz CT molecular complexity index is 684. The molecule has 2 aromatic rings. The van der Waals surface area contributed by atoms with Crippen molar-refractivity contribution in [3.05, 3.63) is 72.3 Å². The van der Waals surface area contributed by atoms with Gasteiger partial charge in [-0.3, -0.25) is 9.59 Å². The number of benzene rings is 2. The van der Waals surface area contributed by atoms with Crippen LogP contribution in [0, 0.1) is 0 Å². The van der Waals surface area contributed by atoms with Crippen molar-refractivity contribution in [2.24, 2.45) is 0 Å². The van der Waals surface area contributed by atoms with E-state index in [1.165, 1.54) is 4.90 Å². The lowest BCUT2D eigenvalue weighted by Gasteiger charge is -2.14. The maximum atomic E-state index is 12.3. The molecule has 0 atom stereocenters. The normalized spacial score (nSPS) is 13.2. The van der Waals surface area contributed by atoms with Gasteiger partial charge < -0.3 is 4.74 Å². The van der Waals surface area contributed by atoms with Crippen molar-refractivity contribution < 1.29 is 14.3 Å². The number of amides is 2. The summed E-state index contributed by atoms with van der Waals surface area (Å²) in [6, 6.07) is 13.7. The van der Waals surface area contributed by atoms with Gasteiger partial charge in [0.15, 0.2) is 0 Å². The summed E-state index contributed by atoms with van der Waals surface area (Å²) in [4.78, 5) is 25.8. The van der Waals surface area contributed by atoms with Crippen LogP contribution in [0.25, 0.3) is 0 Å². The molecule has 0 radical (unpaired) electrons. The highest BCUT2D eigenvalue weighted by atomic mass is 16.5. The topological polar surface area (TPSA) is 46.6 Å². The van der Waals surface area contributed by atoms with E-state index >= 15 is 0 Å². The molecule has 2 aromatic carbocycles. The molecule has 0 bridgehead atoms. The fourth-order valence-corrected chi connectivity index (χ4v) is 2.27. The maximum absolute atomic E-state index is 12.3. The first-order valence-corrected chi connectivity index (χ1v) is 6.54. The highest BCUT2D eigenvalue weighted by Crippen LogP contribution is 2.29. The Labute approximate surface area is 122 Å². The standard InChI is InChI=1S/C17H13NO3/c1-2-11-21-13-9-7-12(8-10-13)18-16(19)14-5-3-4-6-15(14)17(18)20/h2-10H,1,11H2. The van der Waals surface area contributed by atoms with Crippen LogP contribution in [-0.2, 0) is 0 Å². The van der Waals surface area contributed by atoms with Gasteiger partial charge in [-0.15, -0.1) is 0 Å². The number of carbonyl (C=O) groups excluding carboxylic acids is 2. The van der Waals surface area contributed by atoms with E-state index in [9.17, 15) is 9.59 Å². The SMILES string of the molecule is C=CCOc1ccc(N2C(=O)c3ccccc3C2=O)cc1. The third kappa shape index (κ3) is 2.21. The summed E-state index contributed by atoms with van der Waals surface area (Å²) in [5, 5.41) is 0. The maximum Gasteiger partial charge on any atom is 0.266 e. The van der Waals surface area contributed by atoms with Crippen molar-refractivity contribution in [1.29, 1.82) is 0 Å². The highest BCUT2D eigenvalue weighted by molar-refractivity contribution is 6.34. The molecule has 1 aliphatic rings. The molecule has 0 aliphatic carbocycles. The number of rotatable bonds is 4. The molecule has 4 nitrogen and oxygen atoms in total. The number of fused-ring (bicyclic) bond motifs is 1. The van der Waals surface area contributed by atoms with Gasteiger partial charge in [0.25, 0.3) is 11.8 Å². The van der Waals surface area contributed by atoms with E-state index in [2.05, 4.69) is 6.58 Å². The van der Waals surface area contributed by atoms with Gasteiger partial charge >= 0.3 is 0 Å². The third-order valence-electron chi connectivity index (χ3n) is 3.26. The molecule has 0 spiro atoms. The number of anilines is 1. The second-order valence-electron chi connectivity index (χ2n) is 4.58. The molecule has 1 aliphatic heterocycles. The lowest BCUT2D eigenvalue weighted by atomic mass is 10.1. The zero-order valence-corrected chi connectivity index (χ0v) is 11.3. The summed E-state index contributed by atoms with van der Waals surface area (Å²) in [6.45, 7) is 3.99. The molecule has 0 aromatic heterocycles. The molecule has 0 saturated heterocycles. The summed E-state index contributed by atoms with van der Waals surface area (Å²) in [6.07, 6.45) is 1.65. The van der Waals surface area contributed by atoms with Crippen molar-refractivity contribution >= 4 is 17.5 Å². The fourth-order valence-electron chi connectivity index (χ4n) is 2.27. The Morgan fingerprint density at radius 2 is 1.52 bits per heavy atom. The van der Waals surface area contributed by atoms with Crippen LogP contribution in [0.15, 0.2) is 61.2 Å². The summed E-state index contributed by atoms with van der Waals surface area (Å²) >= 11 is 0. The van der Waals surface area contributed by atoms with E-state index in [0.717, 1.165) is 0 Å². The predicted molar refractivity (Wildman–Crippen MR) is 79.7 cm³/mol. The number of hydrogen-bond acceptors (Lipinski definition) is 3. The zero-order chi connectivity index (χ0) is 14.8. The first-order chi connectivity index (χ1) is 10.2. The van der Waals surface area contributed by atoms with Crippen molar-refractivity contribution in [1.82, 2.24) is 0 Å². The smallest absolute Gasteiger partial charge is 0.266 e. The molecule has 104 valence electrons. The second-order valence-corrected chi connectivity index (χ2v) is 4.58. The molecule has 1 heterocycles. The largest absolute Gasteiger partial charge is 0.490 e. The molecular weight excluding hydrogens is 266 g/mol. The van der Waals surface area contributed by atoms with Crippen LogP contribution in [0.1, 0.15) is 20.7 Å². The fraction of sp³-hybridized carbons (Fsp3) is 0.0588. The van der Waals surface area contributed by atoms with E-state index in [0.29, 0.717) is 29.2 Å². The van der Waals surface area contributed by atoms with Gasteiger partial charge in [-0.2, -0.15) is 0 Å². The Morgan fingerprint density at radius 3 is 2.05 bits per heavy atom. The quantitative estimate of drug-likeness (QED) is 0.638. The molecule has 2 amide bonds. The van der Waals surface area contributed by atoms with Gasteiger partial charge in [-0.05, 0) is 36.4 Å². The number of hydrogen-bond donors (Lipinski definition) is 0. The second kappa shape index (κ2) is 5.25. The summed E-state index contributed by atoms with van der Waals surface area (Å²) in [5.74, 6) is 0.0704. The minimum absolute atomic E-state index is 0.296. The summed E-state index contributed by atoms with van der Waals surface area (Å²) in [7, 11) is 0. The lowest BCUT2D eigenvalue weighted by molar-refractivity contribution is 0.0926. The van der Waals surface area contributed by atoms with Crippen molar-refractivity contribution in [2.45, 2.75) is 0 Å². The van der Waals surface area contributed by atoms with E-state index < -0.39 is 0 Å². The van der Waals surface area contributed by atoms with E-state index in [4.69, 9.17) is 4.74 Å². The van der Waals surface area contributed by atoms with Crippen LogP contribution < -0.4 is 9.64 Å². The van der Waals surface area contributed by atoms with Crippen molar-refractivity contribution in [3.8, 4) is 5.75 Å². The van der Waals surface area contributed by atoms with E-state index in [1.54, 1.807) is 54.6 Å². The lowest BCUT2D eigenvalue weighted by Crippen LogP contribution is -2.29. The average Bonchev–Trinajstić information content (AvgIpc) is 2.78. The molecule has 21 heavy (non-hydrogen) atoms. The summed E-state index contributed by atoms with van der Waals surface area (Å²) in [5.41, 5.74) is 1.41. The Balaban J connectivity index is 1.90. The van der Waals surface area contributed by atoms with E-state index in [1.807, 2.05) is 0 Å². The molecule has 0 N–H and O–H groups in total. The molecule has 3 rings (SSSR count). The van der Waals surface area contributed by atoms with E-state index in [-0.39, 0.29) is 11.8 Å². The van der Waals surface area contributed by atoms with Crippen molar-refractivity contribution in [3.63, 3.8) is 0 Å². The molecule has 4 heteroatoms. The minimum Gasteiger partial charge on any atom is -0.490 e. The monoisotopic (exact) mass is 279 g/mol. The molecule has 0 fully saturated rings. The number of imide groups is 1. The Morgan fingerprint density at radius 1 is 0.952 bits per heavy atom. The number of nitrogens with zero attached hydrogens (tertiary/aromatic N) is 1. The van der Waals surface area contributed by atoms with Crippen molar-refractivity contribution in [2.75, 3.05) is 11.5 Å². The third-order valence-corrected chi connectivity index (χ3v) is 3.26. The number of ether oxygens (including phenoxy) is 1. The van der Waals surface area contributed by atoms with Crippen LogP contribution in [-0.4, -0.2) is 18.4 Å². The van der Waals surface area contributed by atoms with Gasteiger partial charge in [-0.25, -0.2) is 4.90 Å². The molecule has 0 saturated carbocycles. The van der Waals surface area contributed by atoms with Crippen LogP contribution >= 0.6 is 0 Å². The van der Waals surface area contributed by atoms with Crippen LogP contribution in [0.2, 0.25) is 0 Å². The van der Waals surface area contributed by atoms with Gasteiger partial charge in [0, 0.05) is 0 Å². The summed E-state index contributed by atoms with van der Waals surface area (Å²) < 4.78 is 5.38. The van der Waals surface area contributed by atoms with Gasteiger partial charge in [0.05, 0.1) is 16.8 Å². The predicted octanol–water partition coefficient (Wildman–Crippen LogP) is 3.05. The Hall–Kier alpha value is -2.88. The van der Waals surface area contributed by atoms with Gasteiger partial charge in [-0.1, -0.05) is 24.8 Å². The van der Waals surface area contributed by atoms with Gasteiger partial charge in [0.1, 0.15) is 12.4 Å². The molecular formula is C17H13NO3. The minimum atomic E-state index is -0.296. The van der Waals surface area contributed by atoms with Crippen LogP contribution in [0.3, 0.4) is 0 Å². The highest BCUT2D eigenvalue weighted by Gasteiger charge is 2.36. The molecule has 0 unspecified atom stereocenters. The Kier molecular flexibility index (Phi) is 3.28. The van der Waals surface area contributed by atoms with Crippen LogP contribution in [0.5, 0.6) is 5.75 Å². The first-order valence-electron chi connectivity index (χ1n) is 6.54. The average molecular weight is 279 g/mol. The first kappa shape index (κ1) is 13.1.